The Kier molecular flexibility index (Phi) is 9.17. The van der Waals surface area contributed by atoms with E-state index in [1.54, 1.807) is 7.11 Å². The maximum atomic E-state index is 13.1. The van der Waals surface area contributed by atoms with Crippen molar-refractivity contribution in [1.29, 1.82) is 0 Å². The van der Waals surface area contributed by atoms with Gasteiger partial charge in [-0.15, -0.1) is 24.8 Å². The topological polar surface area (TPSA) is 44.8 Å². The number of halogens is 2. The van der Waals surface area contributed by atoms with Gasteiger partial charge in [-0.2, -0.15) is 0 Å². The van der Waals surface area contributed by atoms with Gasteiger partial charge in [0.2, 0.25) is 0 Å². The summed E-state index contributed by atoms with van der Waals surface area (Å²) < 4.78 is 5.72. The van der Waals surface area contributed by atoms with E-state index in [-0.39, 0.29) is 36.8 Å². The lowest BCUT2D eigenvalue weighted by atomic mass is 9.89. The van der Waals surface area contributed by atoms with E-state index in [2.05, 4.69) is 34.5 Å². The molecule has 0 aromatic heterocycles. The predicted octanol–water partition coefficient (Wildman–Crippen LogP) is 2.73. The Morgan fingerprint density at radius 1 is 1.23 bits per heavy atom. The molecule has 1 aromatic rings. The number of ether oxygens (including phenoxy) is 1. The molecule has 2 saturated heterocycles. The lowest BCUT2D eigenvalue weighted by Crippen LogP contribution is -2.58. The van der Waals surface area contributed by atoms with Crippen LogP contribution in [0, 0.1) is 0 Å². The number of para-hydroxylation sites is 1. The van der Waals surface area contributed by atoms with E-state index in [4.69, 9.17) is 4.74 Å². The first-order valence-corrected chi connectivity index (χ1v) is 8.99. The second-order valence-electron chi connectivity index (χ2n) is 6.94. The monoisotopic (exact) mass is 403 g/mol. The summed E-state index contributed by atoms with van der Waals surface area (Å²) in [4.78, 5) is 17.5. The maximum Gasteiger partial charge on any atom is 0.254 e. The fourth-order valence-electron chi connectivity index (χ4n) is 3.97. The number of anilines is 1. The summed E-state index contributed by atoms with van der Waals surface area (Å²) >= 11 is 0. The van der Waals surface area contributed by atoms with Crippen LogP contribution in [0.2, 0.25) is 0 Å². The van der Waals surface area contributed by atoms with Gasteiger partial charge in [0.1, 0.15) is 5.60 Å². The largest absolute Gasteiger partial charge is 0.369 e. The SMILES string of the molecule is COC1(C(=O)N(C)C2CCCN(c3ccccc3)C2)CCNCC1.Cl.Cl. The van der Waals surface area contributed by atoms with Crippen LogP contribution in [0.5, 0.6) is 0 Å². The number of carbonyl (C=O) groups is 1. The number of carbonyl (C=O) groups excluding carboxylic acids is 1. The van der Waals surface area contributed by atoms with Gasteiger partial charge in [0, 0.05) is 39.0 Å². The molecular weight excluding hydrogens is 373 g/mol. The van der Waals surface area contributed by atoms with Crippen molar-refractivity contribution in [3.05, 3.63) is 30.3 Å². The van der Waals surface area contributed by atoms with Crippen LogP contribution in [0.1, 0.15) is 25.7 Å². The molecular formula is C19H31Cl2N3O2. The highest BCUT2D eigenvalue weighted by Gasteiger charge is 2.43. The molecule has 5 nitrogen and oxygen atoms in total. The van der Waals surface area contributed by atoms with E-state index in [1.165, 1.54) is 5.69 Å². The Bertz CT molecular complexity index is 553. The van der Waals surface area contributed by atoms with Gasteiger partial charge in [0.05, 0.1) is 0 Å². The van der Waals surface area contributed by atoms with Gasteiger partial charge in [-0.25, -0.2) is 0 Å². The lowest BCUT2D eigenvalue weighted by Gasteiger charge is -2.43. The zero-order valence-corrected chi connectivity index (χ0v) is 17.3. The van der Waals surface area contributed by atoms with Gasteiger partial charge in [-0.3, -0.25) is 4.79 Å². The Balaban J connectivity index is 0.00000169. The molecule has 1 N–H and O–H groups in total. The summed E-state index contributed by atoms with van der Waals surface area (Å²) in [5, 5.41) is 3.32. The highest BCUT2D eigenvalue weighted by Crippen LogP contribution is 2.28. The van der Waals surface area contributed by atoms with Crippen molar-refractivity contribution in [2.75, 3.05) is 45.2 Å². The quantitative estimate of drug-likeness (QED) is 0.838. The lowest BCUT2D eigenvalue weighted by molar-refractivity contribution is -0.159. The molecule has 0 aliphatic carbocycles. The number of benzene rings is 1. The van der Waals surface area contributed by atoms with Gasteiger partial charge >= 0.3 is 0 Å². The predicted molar refractivity (Wildman–Crippen MR) is 111 cm³/mol. The van der Waals surface area contributed by atoms with Gasteiger partial charge < -0.3 is 19.9 Å². The van der Waals surface area contributed by atoms with Crippen LogP contribution in [0.15, 0.2) is 30.3 Å². The Hall–Kier alpha value is -1.01. The summed E-state index contributed by atoms with van der Waals surface area (Å²) in [5.41, 5.74) is 0.598. The Morgan fingerprint density at radius 2 is 1.88 bits per heavy atom. The fourth-order valence-corrected chi connectivity index (χ4v) is 3.97. The third-order valence-electron chi connectivity index (χ3n) is 5.58. The highest BCUT2D eigenvalue weighted by atomic mass is 35.5. The number of methoxy groups -OCH3 is 1. The smallest absolute Gasteiger partial charge is 0.254 e. The zero-order valence-electron chi connectivity index (χ0n) is 15.6. The molecule has 26 heavy (non-hydrogen) atoms. The van der Waals surface area contributed by atoms with Crippen LogP contribution >= 0.6 is 24.8 Å². The molecule has 1 amide bonds. The zero-order chi connectivity index (χ0) is 17.0. The van der Waals surface area contributed by atoms with Crippen LogP contribution in [0.4, 0.5) is 5.69 Å². The van der Waals surface area contributed by atoms with Crippen LogP contribution in [-0.2, 0) is 9.53 Å². The average Bonchev–Trinajstić information content (AvgIpc) is 2.68. The first-order valence-electron chi connectivity index (χ1n) is 8.99. The van der Waals surface area contributed by atoms with Gasteiger partial charge in [-0.1, -0.05) is 18.2 Å². The van der Waals surface area contributed by atoms with Crippen molar-refractivity contribution >= 4 is 36.4 Å². The second-order valence-corrected chi connectivity index (χ2v) is 6.94. The first kappa shape index (κ1) is 23.0. The molecule has 0 radical (unpaired) electrons. The molecule has 148 valence electrons. The first-order chi connectivity index (χ1) is 11.7. The number of nitrogens with one attached hydrogen (secondary N) is 1. The van der Waals surface area contributed by atoms with Crippen molar-refractivity contribution < 1.29 is 9.53 Å². The van der Waals surface area contributed by atoms with Gasteiger partial charge in [0.25, 0.3) is 5.91 Å². The van der Waals surface area contributed by atoms with Crippen molar-refractivity contribution in [1.82, 2.24) is 10.2 Å². The van der Waals surface area contributed by atoms with Crippen LogP contribution in [0.3, 0.4) is 0 Å². The van der Waals surface area contributed by atoms with E-state index in [0.717, 1.165) is 51.9 Å². The van der Waals surface area contributed by atoms with E-state index >= 15 is 0 Å². The van der Waals surface area contributed by atoms with Crippen molar-refractivity contribution in [2.24, 2.45) is 0 Å². The number of piperidine rings is 2. The maximum absolute atomic E-state index is 13.1. The molecule has 0 saturated carbocycles. The van der Waals surface area contributed by atoms with E-state index < -0.39 is 5.60 Å². The normalized spacial score (nSPS) is 21.9. The molecule has 7 heteroatoms. The second kappa shape index (κ2) is 10.4. The molecule has 3 rings (SSSR count). The number of rotatable bonds is 4. The van der Waals surface area contributed by atoms with Crippen molar-refractivity contribution in [3.8, 4) is 0 Å². The molecule has 1 aromatic carbocycles. The van der Waals surface area contributed by atoms with Crippen LogP contribution in [0.25, 0.3) is 0 Å². The minimum Gasteiger partial charge on any atom is -0.369 e. The Morgan fingerprint density at radius 3 is 2.50 bits per heavy atom. The Labute approximate surface area is 169 Å². The summed E-state index contributed by atoms with van der Waals surface area (Å²) in [6.07, 6.45) is 3.67. The van der Waals surface area contributed by atoms with Crippen LogP contribution < -0.4 is 10.2 Å². The summed E-state index contributed by atoms with van der Waals surface area (Å²) in [5.74, 6) is 0.145. The number of hydrogen-bond acceptors (Lipinski definition) is 4. The third-order valence-corrected chi connectivity index (χ3v) is 5.58. The molecule has 2 fully saturated rings. The standard InChI is InChI=1S/C19H29N3O2.2ClH/c1-21(18(23)19(24-2)10-12-20-13-11-19)17-9-6-14-22(15-17)16-7-4-3-5-8-16;;/h3-5,7-8,17,20H,6,9-15H2,1-2H3;2*1H. The minimum absolute atomic E-state index is 0. The van der Waals surface area contributed by atoms with Crippen molar-refractivity contribution in [2.45, 2.75) is 37.3 Å². The van der Waals surface area contributed by atoms with E-state index in [0.29, 0.717) is 0 Å². The molecule has 0 spiro atoms. The van der Waals surface area contributed by atoms with E-state index in [9.17, 15) is 4.79 Å². The van der Waals surface area contributed by atoms with E-state index in [1.807, 2.05) is 18.0 Å². The molecule has 2 aliphatic rings. The fraction of sp³-hybridized carbons (Fsp3) is 0.632. The van der Waals surface area contributed by atoms with Gasteiger partial charge in [-0.05, 0) is 50.9 Å². The van der Waals surface area contributed by atoms with Crippen molar-refractivity contribution in [3.63, 3.8) is 0 Å². The van der Waals surface area contributed by atoms with Gasteiger partial charge in [0.15, 0.2) is 0 Å². The molecule has 2 heterocycles. The summed E-state index contributed by atoms with van der Waals surface area (Å²) in [7, 11) is 3.62. The summed E-state index contributed by atoms with van der Waals surface area (Å²) in [6.45, 7) is 3.63. The van der Waals surface area contributed by atoms with Crippen LogP contribution in [-0.4, -0.2) is 62.8 Å². The summed E-state index contributed by atoms with van der Waals surface area (Å²) in [6, 6.07) is 10.7. The number of nitrogens with zero attached hydrogens (tertiary/aromatic N) is 2. The molecule has 2 aliphatic heterocycles. The number of likely N-dealkylation sites (N-methyl/N-ethyl adjacent to an activating group) is 1. The number of amides is 1. The molecule has 0 bridgehead atoms. The molecule has 1 atom stereocenters. The number of hydrogen-bond donors (Lipinski definition) is 1. The minimum atomic E-state index is -0.644. The highest BCUT2D eigenvalue weighted by molar-refractivity contribution is 5.86. The average molecular weight is 404 g/mol. The third kappa shape index (κ3) is 4.83. The molecule has 1 unspecified atom stereocenters.